The lowest BCUT2D eigenvalue weighted by atomic mass is 10.1. The van der Waals surface area contributed by atoms with E-state index >= 15 is 0 Å². The lowest BCUT2D eigenvalue weighted by molar-refractivity contribution is -0.118. The number of amides is 1. The molecule has 0 spiro atoms. The van der Waals surface area contributed by atoms with E-state index in [0.717, 1.165) is 10.4 Å². The lowest BCUT2D eigenvalue weighted by Gasteiger charge is -2.10. The summed E-state index contributed by atoms with van der Waals surface area (Å²) in [5, 5.41) is 9.37. The van der Waals surface area contributed by atoms with E-state index in [1.807, 2.05) is 47.8 Å². The van der Waals surface area contributed by atoms with Crippen molar-refractivity contribution in [3.63, 3.8) is 0 Å². The summed E-state index contributed by atoms with van der Waals surface area (Å²) in [4.78, 5) is 33.5. The zero-order valence-corrected chi connectivity index (χ0v) is 20.0. The number of nitrogens with zero attached hydrogens (tertiary/aromatic N) is 3. The number of carbonyl (C=O) groups is 1. The predicted molar refractivity (Wildman–Crippen MR) is 138 cm³/mol. The number of anilines is 1. The minimum absolute atomic E-state index is 0.176. The highest BCUT2D eigenvalue weighted by Crippen LogP contribution is 2.28. The van der Waals surface area contributed by atoms with Crippen molar-refractivity contribution in [2.75, 3.05) is 19.0 Å². The zero-order valence-electron chi connectivity index (χ0n) is 19.2. The molecule has 0 saturated carbocycles. The van der Waals surface area contributed by atoms with Crippen LogP contribution >= 0.6 is 11.3 Å². The summed E-state index contributed by atoms with van der Waals surface area (Å²) in [5.41, 5.74) is 1.56. The molecule has 0 atom stereocenters. The number of carbonyl (C=O) groups excluding carboxylic acids is 1. The molecule has 0 unspecified atom stereocenters. The molecule has 180 valence electrons. The molecule has 0 fully saturated rings. The van der Waals surface area contributed by atoms with Crippen molar-refractivity contribution in [3.8, 4) is 39.3 Å². The molecule has 0 radical (unpaired) electrons. The third-order valence-electron chi connectivity index (χ3n) is 5.18. The Kier molecular flexibility index (Phi) is 6.59. The number of benzene rings is 2. The van der Waals surface area contributed by atoms with Gasteiger partial charge in [-0.3, -0.25) is 14.6 Å². The van der Waals surface area contributed by atoms with Crippen molar-refractivity contribution >= 4 is 23.1 Å². The summed E-state index contributed by atoms with van der Waals surface area (Å²) in [7, 11) is 1.58. The van der Waals surface area contributed by atoms with Gasteiger partial charge >= 0.3 is 0 Å². The molecular formula is C26H21N5O4S. The van der Waals surface area contributed by atoms with Gasteiger partial charge in [0.25, 0.3) is 11.5 Å². The standard InChI is InChI=1S/C26H21N5O4S/c1-34-18-9-11-19(12-10-18)35-16-25(33)28-23-14-21(22-8-5-13-36-22)30-31(23)26-27-20(15-24(32)29-26)17-6-3-2-4-7-17/h2-15H,16H2,1H3,(H,28,33)(H,27,29,32). The molecule has 0 bridgehead atoms. The SMILES string of the molecule is COc1ccc(OCC(=O)Nc2cc(-c3cccs3)nn2-c2nc(-c3ccccc3)cc(=O)[nH]2)cc1. The molecule has 3 aromatic heterocycles. The van der Waals surface area contributed by atoms with Crippen LogP contribution in [-0.2, 0) is 4.79 Å². The lowest BCUT2D eigenvalue weighted by Crippen LogP contribution is -2.23. The summed E-state index contributed by atoms with van der Waals surface area (Å²) in [5.74, 6) is 1.34. The summed E-state index contributed by atoms with van der Waals surface area (Å²) in [6.45, 7) is -0.222. The molecule has 2 aromatic carbocycles. The molecule has 0 aliphatic carbocycles. The third-order valence-corrected chi connectivity index (χ3v) is 6.07. The van der Waals surface area contributed by atoms with Crippen LogP contribution < -0.4 is 20.3 Å². The molecule has 0 saturated heterocycles. The third kappa shape index (κ3) is 5.18. The molecule has 1 amide bonds. The van der Waals surface area contributed by atoms with Crippen LogP contribution in [0.2, 0.25) is 0 Å². The molecule has 0 aliphatic rings. The Morgan fingerprint density at radius 3 is 2.50 bits per heavy atom. The van der Waals surface area contributed by atoms with Gasteiger partial charge in [0, 0.05) is 17.7 Å². The van der Waals surface area contributed by atoms with E-state index in [-0.39, 0.29) is 18.1 Å². The number of thiophene rings is 1. The first-order chi connectivity index (χ1) is 17.6. The number of hydrogen-bond donors (Lipinski definition) is 2. The number of ether oxygens (including phenoxy) is 2. The summed E-state index contributed by atoms with van der Waals surface area (Å²) in [6.07, 6.45) is 0. The molecule has 0 aliphatic heterocycles. The van der Waals surface area contributed by atoms with Crippen LogP contribution in [0.4, 0.5) is 5.82 Å². The fourth-order valence-electron chi connectivity index (χ4n) is 3.48. The highest BCUT2D eigenvalue weighted by Gasteiger charge is 2.17. The van der Waals surface area contributed by atoms with Gasteiger partial charge in [0.05, 0.1) is 17.7 Å². The van der Waals surface area contributed by atoms with E-state index in [0.29, 0.717) is 28.7 Å². The van der Waals surface area contributed by atoms with Gasteiger partial charge in [0.2, 0.25) is 5.95 Å². The molecule has 10 heteroatoms. The van der Waals surface area contributed by atoms with Crippen molar-refractivity contribution in [3.05, 3.63) is 94.6 Å². The minimum Gasteiger partial charge on any atom is -0.497 e. The number of methoxy groups -OCH3 is 1. The molecule has 5 rings (SSSR count). The smallest absolute Gasteiger partial charge is 0.263 e. The molecule has 5 aromatic rings. The number of rotatable bonds is 8. The zero-order chi connectivity index (χ0) is 24.9. The van der Waals surface area contributed by atoms with Crippen LogP contribution in [0, 0.1) is 0 Å². The van der Waals surface area contributed by atoms with Gasteiger partial charge in [-0.05, 0) is 35.7 Å². The topological polar surface area (TPSA) is 111 Å². The second kappa shape index (κ2) is 10.3. The van der Waals surface area contributed by atoms with Crippen molar-refractivity contribution in [2.45, 2.75) is 0 Å². The van der Waals surface area contributed by atoms with Crippen molar-refractivity contribution < 1.29 is 14.3 Å². The Labute approximate surface area is 210 Å². The normalized spacial score (nSPS) is 10.7. The van der Waals surface area contributed by atoms with Crippen molar-refractivity contribution in [2.24, 2.45) is 0 Å². The second-order valence-corrected chi connectivity index (χ2v) is 8.58. The Balaban J connectivity index is 1.44. The molecule has 36 heavy (non-hydrogen) atoms. The van der Waals surface area contributed by atoms with E-state index in [1.165, 1.54) is 22.1 Å². The fourth-order valence-corrected chi connectivity index (χ4v) is 4.16. The summed E-state index contributed by atoms with van der Waals surface area (Å²) >= 11 is 1.51. The Bertz CT molecular complexity index is 1530. The van der Waals surface area contributed by atoms with Crippen LogP contribution in [0.5, 0.6) is 11.5 Å². The van der Waals surface area contributed by atoms with Gasteiger partial charge in [0.1, 0.15) is 23.0 Å². The van der Waals surface area contributed by atoms with Gasteiger partial charge in [-0.2, -0.15) is 9.78 Å². The first kappa shape index (κ1) is 23.1. The number of nitrogens with one attached hydrogen (secondary N) is 2. The largest absolute Gasteiger partial charge is 0.497 e. The number of hydrogen-bond acceptors (Lipinski definition) is 7. The summed E-state index contributed by atoms with van der Waals surface area (Å²) in [6, 6.07) is 23.3. The van der Waals surface area contributed by atoms with Crippen LogP contribution in [0.3, 0.4) is 0 Å². The van der Waals surface area contributed by atoms with Crippen LogP contribution in [-0.4, -0.2) is 39.4 Å². The van der Waals surface area contributed by atoms with Crippen LogP contribution in [0.1, 0.15) is 0 Å². The van der Waals surface area contributed by atoms with Crippen molar-refractivity contribution in [1.82, 2.24) is 19.7 Å². The van der Waals surface area contributed by atoms with E-state index in [9.17, 15) is 9.59 Å². The molecule has 9 nitrogen and oxygen atoms in total. The minimum atomic E-state index is -0.397. The number of aromatic amines is 1. The van der Waals surface area contributed by atoms with E-state index in [2.05, 4.69) is 20.4 Å². The average Bonchev–Trinajstić information content (AvgIpc) is 3.58. The van der Waals surface area contributed by atoms with E-state index in [4.69, 9.17) is 9.47 Å². The average molecular weight is 500 g/mol. The highest BCUT2D eigenvalue weighted by molar-refractivity contribution is 7.13. The Hall–Kier alpha value is -4.70. The first-order valence-electron chi connectivity index (χ1n) is 11.0. The van der Waals surface area contributed by atoms with Gasteiger partial charge in [-0.1, -0.05) is 36.4 Å². The number of aromatic nitrogens is 4. The van der Waals surface area contributed by atoms with E-state index < -0.39 is 5.91 Å². The second-order valence-electron chi connectivity index (χ2n) is 7.64. The molecule has 3 heterocycles. The monoisotopic (exact) mass is 499 g/mol. The maximum absolute atomic E-state index is 12.8. The van der Waals surface area contributed by atoms with Gasteiger partial charge in [0.15, 0.2) is 6.61 Å². The maximum atomic E-state index is 12.8. The van der Waals surface area contributed by atoms with Crippen molar-refractivity contribution in [1.29, 1.82) is 0 Å². The van der Waals surface area contributed by atoms with Gasteiger partial charge in [-0.25, -0.2) is 4.98 Å². The first-order valence-corrected chi connectivity index (χ1v) is 11.8. The summed E-state index contributed by atoms with van der Waals surface area (Å²) < 4.78 is 12.1. The fraction of sp³-hybridized carbons (Fsp3) is 0.0769. The Morgan fingerprint density at radius 2 is 1.78 bits per heavy atom. The van der Waals surface area contributed by atoms with Gasteiger partial charge in [-0.15, -0.1) is 11.3 Å². The maximum Gasteiger partial charge on any atom is 0.263 e. The van der Waals surface area contributed by atoms with E-state index in [1.54, 1.807) is 37.4 Å². The highest BCUT2D eigenvalue weighted by atomic mass is 32.1. The predicted octanol–water partition coefficient (Wildman–Crippen LogP) is 4.38. The number of H-pyrrole nitrogens is 1. The van der Waals surface area contributed by atoms with Gasteiger partial charge < -0.3 is 14.8 Å². The quantitative estimate of drug-likeness (QED) is 0.328. The van der Waals surface area contributed by atoms with Crippen LogP contribution in [0.25, 0.3) is 27.8 Å². The molecule has 2 N–H and O–H groups in total. The van der Waals surface area contributed by atoms with Crippen LogP contribution in [0.15, 0.2) is 89.0 Å². The Morgan fingerprint density at radius 1 is 1.00 bits per heavy atom. The molecular weight excluding hydrogens is 478 g/mol.